The van der Waals surface area contributed by atoms with E-state index in [9.17, 15) is 13.2 Å². The van der Waals surface area contributed by atoms with E-state index < -0.39 is 22.8 Å². The van der Waals surface area contributed by atoms with E-state index in [0.717, 1.165) is 5.56 Å². The summed E-state index contributed by atoms with van der Waals surface area (Å²) in [4.78, 5) is 0. The van der Waals surface area contributed by atoms with Crippen LogP contribution >= 0.6 is 23.2 Å². The van der Waals surface area contributed by atoms with Crippen LogP contribution < -0.4 is 0 Å². The van der Waals surface area contributed by atoms with Crippen molar-refractivity contribution in [2.75, 3.05) is 0 Å². The predicted octanol–water partition coefficient (Wildman–Crippen LogP) is 5.28. The quantitative estimate of drug-likeness (QED) is 0.677. The molecular formula is C14H9Cl2F3. The molecule has 2 rings (SSSR count). The largest absolute Gasteiger partial charge is 0.207 e. The molecular weight excluding hydrogens is 296 g/mol. The number of hydrogen-bond donors (Lipinski definition) is 0. The van der Waals surface area contributed by atoms with Gasteiger partial charge in [-0.2, -0.15) is 0 Å². The molecule has 0 N–H and O–H groups in total. The van der Waals surface area contributed by atoms with E-state index >= 15 is 0 Å². The van der Waals surface area contributed by atoms with Gasteiger partial charge < -0.3 is 0 Å². The van der Waals surface area contributed by atoms with Gasteiger partial charge in [0, 0.05) is 22.7 Å². The van der Waals surface area contributed by atoms with Crippen molar-refractivity contribution in [1.82, 2.24) is 0 Å². The molecule has 0 aliphatic heterocycles. The molecule has 0 bridgehead atoms. The lowest BCUT2D eigenvalue weighted by Gasteiger charge is -2.12. The predicted molar refractivity (Wildman–Crippen MR) is 70.1 cm³/mol. The molecule has 0 aromatic heterocycles. The van der Waals surface area contributed by atoms with Crippen LogP contribution in [0, 0.1) is 17.5 Å². The van der Waals surface area contributed by atoms with Crippen molar-refractivity contribution >= 4 is 23.2 Å². The Morgan fingerprint density at radius 1 is 0.947 bits per heavy atom. The lowest BCUT2D eigenvalue weighted by Crippen LogP contribution is -2.03. The van der Waals surface area contributed by atoms with Crippen LogP contribution in [0.4, 0.5) is 13.2 Å². The molecule has 1 unspecified atom stereocenters. The van der Waals surface area contributed by atoms with E-state index in [0.29, 0.717) is 17.2 Å². The Labute approximate surface area is 118 Å². The third kappa shape index (κ3) is 3.43. The summed E-state index contributed by atoms with van der Waals surface area (Å²) in [5.41, 5.74) is 0.463. The maximum absolute atomic E-state index is 13.5. The summed E-state index contributed by atoms with van der Waals surface area (Å²) in [5.74, 6) is -2.92. The zero-order valence-corrected chi connectivity index (χ0v) is 11.2. The highest BCUT2D eigenvalue weighted by atomic mass is 35.5. The van der Waals surface area contributed by atoms with E-state index in [1.165, 1.54) is 0 Å². The zero-order chi connectivity index (χ0) is 14.0. The van der Waals surface area contributed by atoms with E-state index in [1.54, 1.807) is 24.3 Å². The molecule has 100 valence electrons. The molecule has 2 aromatic carbocycles. The van der Waals surface area contributed by atoms with Crippen molar-refractivity contribution in [3.8, 4) is 0 Å². The van der Waals surface area contributed by atoms with Crippen molar-refractivity contribution in [2.45, 2.75) is 11.8 Å². The summed E-state index contributed by atoms with van der Waals surface area (Å²) in [6.07, 6.45) is 0.220. The van der Waals surface area contributed by atoms with E-state index in [2.05, 4.69) is 0 Å². The molecule has 19 heavy (non-hydrogen) atoms. The third-order valence-corrected chi connectivity index (χ3v) is 3.31. The van der Waals surface area contributed by atoms with Crippen molar-refractivity contribution in [3.63, 3.8) is 0 Å². The van der Waals surface area contributed by atoms with Crippen LogP contribution in [0.15, 0.2) is 36.4 Å². The first kappa shape index (κ1) is 14.2. The molecule has 0 amide bonds. The SMILES string of the molecule is Fc1cc(F)c(C(Cl)Cc2ccc(Cl)cc2)c(F)c1. The Balaban J connectivity index is 2.25. The fourth-order valence-electron chi connectivity index (χ4n) is 1.78. The van der Waals surface area contributed by atoms with Crippen molar-refractivity contribution in [3.05, 3.63) is 70.0 Å². The number of alkyl halides is 1. The van der Waals surface area contributed by atoms with Crippen molar-refractivity contribution in [2.24, 2.45) is 0 Å². The minimum Gasteiger partial charge on any atom is -0.207 e. The van der Waals surface area contributed by atoms with Gasteiger partial charge in [0.15, 0.2) is 0 Å². The Kier molecular flexibility index (Phi) is 4.38. The van der Waals surface area contributed by atoms with Gasteiger partial charge in [-0.05, 0) is 24.1 Å². The summed E-state index contributed by atoms with van der Waals surface area (Å²) in [5, 5.41) is -0.351. The molecule has 0 spiro atoms. The Morgan fingerprint density at radius 2 is 1.47 bits per heavy atom. The van der Waals surface area contributed by atoms with Gasteiger partial charge in [-0.3, -0.25) is 0 Å². The molecule has 2 aromatic rings. The number of hydrogen-bond acceptors (Lipinski definition) is 0. The minimum atomic E-state index is -0.980. The highest BCUT2D eigenvalue weighted by molar-refractivity contribution is 6.30. The van der Waals surface area contributed by atoms with Crippen LogP contribution in [-0.4, -0.2) is 0 Å². The second-order valence-corrected chi connectivity index (χ2v) is 5.04. The zero-order valence-electron chi connectivity index (χ0n) is 9.64. The molecule has 0 saturated heterocycles. The summed E-state index contributed by atoms with van der Waals surface area (Å²) in [7, 11) is 0. The standard InChI is InChI=1S/C14H9Cl2F3/c15-9-3-1-8(2-4-9)5-11(16)14-12(18)6-10(17)7-13(14)19/h1-4,6-7,11H,5H2. The monoisotopic (exact) mass is 304 g/mol. The van der Waals surface area contributed by atoms with Crippen LogP contribution in [-0.2, 0) is 6.42 Å². The molecule has 0 saturated carbocycles. The number of benzene rings is 2. The van der Waals surface area contributed by atoms with Gasteiger partial charge >= 0.3 is 0 Å². The van der Waals surface area contributed by atoms with Crippen molar-refractivity contribution in [1.29, 1.82) is 0 Å². The molecule has 0 aliphatic rings. The lowest BCUT2D eigenvalue weighted by molar-refractivity contribution is 0.520. The molecule has 0 radical (unpaired) electrons. The van der Waals surface area contributed by atoms with Crippen molar-refractivity contribution < 1.29 is 13.2 Å². The van der Waals surface area contributed by atoms with Crippen LogP contribution in [0.2, 0.25) is 5.02 Å². The minimum absolute atomic E-state index is 0.220. The maximum Gasteiger partial charge on any atom is 0.133 e. The first-order valence-electron chi connectivity index (χ1n) is 5.50. The fraction of sp³-hybridized carbons (Fsp3) is 0.143. The normalized spacial score (nSPS) is 12.5. The lowest BCUT2D eigenvalue weighted by atomic mass is 10.0. The second kappa shape index (κ2) is 5.85. The van der Waals surface area contributed by atoms with Gasteiger partial charge in [-0.15, -0.1) is 11.6 Å². The molecule has 1 atom stereocenters. The average Bonchev–Trinajstić information content (AvgIpc) is 2.30. The Bertz CT molecular complexity index is 559. The maximum atomic E-state index is 13.5. The topological polar surface area (TPSA) is 0 Å². The van der Waals surface area contributed by atoms with Crippen LogP contribution in [0.3, 0.4) is 0 Å². The Morgan fingerprint density at radius 3 is 2.00 bits per heavy atom. The summed E-state index contributed by atoms with van der Waals surface area (Å²) >= 11 is 11.7. The van der Waals surface area contributed by atoms with Gasteiger partial charge in [0.05, 0.1) is 5.38 Å². The van der Waals surface area contributed by atoms with Crippen LogP contribution in [0.5, 0.6) is 0 Å². The van der Waals surface area contributed by atoms with Gasteiger partial charge in [0.1, 0.15) is 17.5 Å². The summed E-state index contributed by atoms with van der Waals surface area (Å²) < 4.78 is 39.9. The second-order valence-electron chi connectivity index (χ2n) is 4.08. The molecule has 0 heterocycles. The molecule has 5 heteroatoms. The average molecular weight is 305 g/mol. The molecule has 0 nitrogen and oxygen atoms in total. The first-order chi connectivity index (χ1) is 8.97. The van der Waals surface area contributed by atoms with Gasteiger partial charge in [-0.1, -0.05) is 23.7 Å². The highest BCUT2D eigenvalue weighted by Crippen LogP contribution is 2.30. The molecule has 0 fully saturated rings. The Hall–Kier alpha value is -1.19. The highest BCUT2D eigenvalue weighted by Gasteiger charge is 2.19. The van der Waals surface area contributed by atoms with E-state index in [1.807, 2.05) is 0 Å². The number of halogens is 5. The van der Waals surface area contributed by atoms with Crippen LogP contribution in [0.25, 0.3) is 0 Å². The van der Waals surface area contributed by atoms with E-state index in [-0.39, 0.29) is 12.0 Å². The summed E-state index contributed by atoms with van der Waals surface area (Å²) in [6.45, 7) is 0. The van der Waals surface area contributed by atoms with E-state index in [4.69, 9.17) is 23.2 Å². The molecule has 0 aliphatic carbocycles. The fourth-order valence-corrected chi connectivity index (χ4v) is 2.29. The first-order valence-corrected chi connectivity index (χ1v) is 6.32. The van der Waals surface area contributed by atoms with Gasteiger partial charge in [0.2, 0.25) is 0 Å². The van der Waals surface area contributed by atoms with Crippen LogP contribution in [0.1, 0.15) is 16.5 Å². The summed E-state index contributed by atoms with van der Waals surface area (Å²) in [6, 6.07) is 8.01. The van der Waals surface area contributed by atoms with Gasteiger partial charge in [0.25, 0.3) is 0 Å². The smallest absolute Gasteiger partial charge is 0.133 e. The third-order valence-electron chi connectivity index (χ3n) is 2.69. The number of rotatable bonds is 3. The van der Waals surface area contributed by atoms with Gasteiger partial charge in [-0.25, -0.2) is 13.2 Å².